The molecule has 5 heteroatoms. The topological polar surface area (TPSA) is 57.6 Å². The lowest BCUT2D eigenvalue weighted by Gasteiger charge is -2.25. The number of aryl methyl sites for hydroxylation is 1. The molecular weight excluding hydrogens is 406 g/mol. The fourth-order valence-corrected chi connectivity index (χ4v) is 3.65. The summed E-state index contributed by atoms with van der Waals surface area (Å²) in [6.45, 7) is 4.49. The summed E-state index contributed by atoms with van der Waals surface area (Å²) in [5.74, 6) is -1.31. The van der Waals surface area contributed by atoms with Gasteiger partial charge in [-0.05, 0) is 31.0 Å². The van der Waals surface area contributed by atoms with Crippen molar-refractivity contribution in [3.05, 3.63) is 75.3 Å². The Kier molecular flexibility index (Phi) is 5.80. The number of hydrogen-bond donors (Lipinski definition) is 1. The van der Waals surface area contributed by atoms with Gasteiger partial charge in [0.1, 0.15) is 5.76 Å². The molecule has 1 amide bonds. The van der Waals surface area contributed by atoms with Crippen molar-refractivity contribution >= 4 is 33.4 Å². The van der Waals surface area contributed by atoms with Gasteiger partial charge in [0.2, 0.25) is 0 Å². The van der Waals surface area contributed by atoms with Gasteiger partial charge >= 0.3 is 0 Å². The molecule has 0 spiro atoms. The minimum Gasteiger partial charge on any atom is -0.507 e. The number of amides is 1. The lowest BCUT2D eigenvalue weighted by Crippen LogP contribution is -2.30. The number of carbonyl (C=O) groups is 2. The lowest BCUT2D eigenvalue weighted by molar-refractivity contribution is -0.139. The first kappa shape index (κ1) is 19.4. The quantitative estimate of drug-likeness (QED) is 0.415. The van der Waals surface area contributed by atoms with E-state index in [2.05, 4.69) is 15.9 Å². The molecule has 0 saturated carbocycles. The second-order valence-electron chi connectivity index (χ2n) is 6.77. The molecular formula is C22H22BrNO3. The van der Waals surface area contributed by atoms with E-state index in [1.807, 2.05) is 38.1 Å². The summed E-state index contributed by atoms with van der Waals surface area (Å²) in [5.41, 5.74) is 2.55. The van der Waals surface area contributed by atoms with E-state index >= 15 is 0 Å². The first-order valence-corrected chi connectivity index (χ1v) is 9.84. The predicted molar refractivity (Wildman–Crippen MR) is 109 cm³/mol. The van der Waals surface area contributed by atoms with E-state index in [1.54, 1.807) is 29.2 Å². The Morgan fingerprint density at radius 3 is 2.48 bits per heavy atom. The van der Waals surface area contributed by atoms with E-state index < -0.39 is 17.7 Å². The lowest BCUT2D eigenvalue weighted by atomic mass is 9.94. The van der Waals surface area contributed by atoms with Crippen LogP contribution in [0.1, 0.15) is 42.5 Å². The molecule has 2 aromatic carbocycles. The number of nitrogens with zero attached hydrogens (tertiary/aromatic N) is 1. The number of benzene rings is 2. The Morgan fingerprint density at radius 2 is 1.85 bits per heavy atom. The van der Waals surface area contributed by atoms with Crippen LogP contribution in [-0.4, -0.2) is 28.2 Å². The number of halogens is 1. The average molecular weight is 428 g/mol. The largest absolute Gasteiger partial charge is 0.507 e. The normalized spacial score (nSPS) is 18.9. The van der Waals surface area contributed by atoms with Gasteiger partial charge in [-0.15, -0.1) is 0 Å². The molecule has 2 aromatic rings. The molecule has 1 atom stereocenters. The predicted octanol–water partition coefficient (Wildman–Crippen LogP) is 4.98. The van der Waals surface area contributed by atoms with E-state index in [0.717, 1.165) is 28.4 Å². The summed E-state index contributed by atoms with van der Waals surface area (Å²) in [5, 5.41) is 10.9. The van der Waals surface area contributed by atoms with Gasteiger partial charge in [-0.25, -0.2) is 0 Å². The van der Waals surface area contributed by atoms with Crippen LogP contribution in [0.15, 0.2) is 58.6 Å². The smallest absolute Gasteiger partial charge is 0.295 e. The van der Waals surface area contributed by atoms with Crippen molar-refractivity contribution < 1.29 is 14.7 Å². The van der Waals surface area contributed by atoms with Gasteiger partial charge in [0, 0.05) is 16.6 Å². The van der Waals surface area contributed by atoms with Crippen molar-refractivity contribution in [1.82, 2.24) is 4.90 Å². The number of ketones is 1. The number of carbonyl (C=O) groups excluding carboxylic acids is 2. The van der Waals surface area contributed by atoms with Gasteiger partial charge in [0.25, 0.3) is 11.7 Å². The first-order valence-electron chi connectivity index (χ1n) is 9.05. The molecule has 0 aromatic heterocycles. The van der Waals surface area contributed by atoms with Crippen LogP contribution in [0.2, 0.25) is 0 Å². The van der Waals surface area contributed by atoms with E-state index in [9.17, 15) is 14.7 Å². The molecule has 1 fully saturated rings. The summed E-state index contributed by atoms with van der Waals surface area (Å²) in [7, 11) is 0. The van der Waals surface area contributed by atoms with Gasteiger partial charge in [-0.1, -0.05) is 71.2 Å². The van der Waals surface area contributed by atoms with Crippen LogP contribution >= 0.6 is 15.9 Å². The molecule has 0 aliphatic carbocycles. The molecule has 1 heterocycles. The third-order valence-electron chi connectivity index (χ3n) is 4.77. The standard InChI is InChI=1S/C22H22BrNO3/c1-3-4-12-24-19(16-7-5-6-14(2)13-16)18(21(26)22(24)27)20(25)15-8-10-17(23)11-9-15/h5-11,13,19,25H,3-4,12H2,1-2H3/b20-18-. The summed E-state index contributed by atoms with van der Waals surface area (Å²) in [6.07, 6.45) is 1.71. The highest BCUT2D eigenvalue weighted by Crippen LogP contribution is 2.39. The van der Waals surface area contributed by atoms with Crippen LogP contribution < -0.4 is 0 Å². The summed E-state index contributed by atoms with van der Waals surface area (Å²) < 4.78 is 0.873. The fourth-order valence-electron chi connectivity index (χ4n) is 3.39. The molecule has 4 nitrogen and oxygen atoms in total. The molecule has 1 aliphatic rings. The average Bonchev–Trinajstić information content (AvgIpc) is 2.91. The molecule has 1 aliphatic heterocycles. The fraction of sp³-hybridized carbons (Fsp3) is 0.273. The Balaban J connectivity index is 2.16. The molecule has 27 heavy (non-hydrogen) atoms. The van der Waals surface area contributed by atoms with Crippen molar-refractivity contribution in [2.45, 2.75) is 32.7 Å². The Bertz CT molecular complexity index is 902. The molecule has 140 valence electrons. The molecule has 3 rings (SSSR count). The van der Waals surface area contributed by atoms with Crippen molar-refractivity contribution in [3.63, 3.8) is 0 Å². The second-order valence-corrected chi connectivity index (χ2v) is 7.68. The Hall–Kier alpha value is -2.40. The third-order valence-corrected chi connectivity index (χ3v) is 5.30. The second kappa shape index (κ2) is 8.09. The van der Waals surface area contributed by atoms with Crippen LogP contribution in [0.3, 0.4) is 0 Å². The molecule has 1 N–H and O–H groups in total. The molecule has 1 unspecified atom stereocenters. The Morgan fingerprint density at radius 1 is 1.15 bits per heavy atom. The number of hydrogen-bond acceptors (Lipinski definition) is 3. The summed E-state index contributed by atoms with van der Waals surface area (Å²) >= 11 is 3.37. The summed E-state index contributed by atoms with van der Waals surface area (Å²) in [6, 6.07) is 14.2. The van der Waals surface area contributed by atoms with Crippen LogP contribution in [0, 0.1) is 6.92 Å². The number of aliphatic hydroxyl groups is 1. The third kappa shape index (κ3) is 3.83. The Labute approximate surface area is 167 Å². The van der Waals surface area contributed by atoms with Gasteiger partial charge in [-0.2, -0.15) is 0 Å². The van der Waals surface area contributed by atoms with Crippen molar-refractivity contribution in [3.8, 4) is 0 Å². The van der Waals surface area contributed by atoms with E-state index in [4.69, 9.17) is 0 Å². The van der Waals surface area contributed by atoms with Crippen LogP contribution in [0.25, 0.3) is 5.76 Å². The van der Waals surface area contributed by atoms with Crippen LogP contribution in [0.5, 0.6) is 0 Å². The molecule has 0 radical (unpaired) electrons. The van der Waals surface area contributed by atoms with Gasteiger partial charge < -0.3 is 10.0 Å². The van der Waals surface area contributed by atoms with E-state index in [0.29, 0.717) is 12.1 Å². The highest BCUT2D eigenvalue weighted by molar-refractivity contribution is 9.10. The van der Waals surface area contributed by atoms with Gasteiger partial charge in [0.15, 0.2) is 0 Å². The molecule has 0 bridgehead atoms. The van der Waals surface area contributed by atoms with Gasteiger partial charge in [0.05, 0.1) is 11.6 Å². The van der Waals surface area contributed by atoms with Crippen LogP contribution in [0.4, 0.5) is 0 Å². The highest BCUT2D eigenvalue weighted by Gasteiger charge is 2.45. The van der Waals surface area contributed by atoms with E-state index in [-0.39, 0.29) is 11.3 Å². The highest BCUT2D eigenvalue weighted by atomic mass is 79.9. The SMILES string of the molecule is CCCCN1C(=O)C(=O)/C(=C(\O)c2ccc(Br)cc2)C1c1cccc(C)c1. The zero-order valence-corrected chi connectivity index (χ0v) is 17.0. The maximum atomic E-state index is 12.8. The number of Topliss-reactive ketones (excluding diaryl/α,β-unsaturated/α-hetero) is 1. The van der Waals surface area contributed by atoms with Crippen molar-refractivity contribution in [2.24, 2.45) is 0 Å². The summed E-state index contributed by atoms with van der Waals surface area (Å²) in [4.78, 5) is 27.1. The number of aliphatic hydroxyl groups excluding tert-OH is 1. The van der Waals surface area contributed by atoms with E-state index in [1.165, 1.54) is 0 Å². The van der Waals surface area contributed by atoms with Crippen molar-refractivity contribution in [1.29, 1.82) is 0 Å². The monoisotopic (exact) mass is 427 g/mol. The maximum Gasteiger partial charge on any atom is 0.295 e. The zero-order chi connectivity index (χ0) is 19.6. The first-order chi connectivity index (χ1) is 12.9. The molecule has 1 saturated heterocycles. The van der Waals surface area contributed by atoms with Gasteiger partial charge in [-0.3, -0.25) is 9.59 Å². The van der Waals surface area contributed by atoms with Crippen molar-refractivity contribution in [2.75, 3.05) is 6.54 Å². The van der Waals surface area contributed by atoms with Crippen LogP contribution in [-0.2, 0) is 9.59 Å². The minimum absolute atomic E-state index is 0.133. The number of rotatable bonds is 5. The number of unbranched alkanes of at least 4 members (excludes halogenated alkanes) is 1. The zero-order valence-electron chi connectivity index (χ0n) is 15.4. The maximum absolute atomic E-state index is 12.8. The minimum atomic E-state index is -0.627. The number of likely N-dealkylation sites (tertiary alicyclic amines) is 1.